The molecule has 1 rings (SSSR count). The van der Waals surface area contributed by atoms with E-state index < -0.39 is 11.2 Å². The molecule has 5 nitrogen and oxygen atoms in total. The third-order valence-electron chi connectivity index (χ3n) is 2.94. The standard InChI is InChI=1S/C14H27NO4/c1-13(2,3)19-12(16)15(8-7-14(4,5)17)11-6-9-18-10-11/h11,17H,6-10H2,1-5H3. The largest absolute Gasteiger partial charge is 0.444 e. The average Bonchev–Trinajstić information content (AvgIpc) is 2.66. The van der Waals surface area contributed by atoms with E-state index in [1.807, 2.05) is 20.8 Å². The van der Waals surface area contributed by atoms with Crippen molar-refractivity contribution in [3.05, 3.63) is 0 Å². The highest BCUT2D eigenvalue weighted by Crippen LogP contribution is 2.19. The van der Waals surface area contributed by atoms with E-state index in [0.717, 1.165) is 6.42 Å². The number of hydrogen-bond donors (Lipinski definition) is 1. The van der Waals surface area contributed by atoms with Crippen molar-refractivity contribution in [1.29, 1.82) is 0 Å². The quantitative estimate of drug-likeness (QED) is 0.853. The number of carbonyl (C=O) groups excluding carboxylic acids is 1. The van der Waals surface area contributed by atoms with Crippen molar-refractivity contribution in [3.8, 4) is 0 Å². The number of rotatable bonds is 4. The highest BCUT2D eigenvalue weighted by molar-refractivity contribution is 5.68. The Morgan fingerprint density at radius 1 is 1.37 bits per heavy atom. The third-order valence-corrected chi connectivity index (χ3v) is 2.94. The van der Waals surface area contributed by atoms with Crippen LogP contribution in [-0.4, -0.2) is 53.1 Å². The van der Waals surface area contributed by atoms with Crippen LogP contribution in [0.1, 0.15) is 47.5 Å². The zero-order chi connectivity index (χ0) is 14.7. The molecule has 1 N–H and O–H groups in total. The van der Waals surface area contributed by atoms with Gasteiger partial charge in [-0.1, -0.05) is 0 Å². The van der Waals surface area contributed by atoms with Gasteiger partial charge in [-0.25, -0.2) is 4.79 Å². The summed E-state index contributed by atoms with van der Waals surface area (Å²) in [6.07, 6.45) is 1.01. The van der Waals surface area contributed by atoms with Crippen molar-refractivity contribution < 1.29 is 19.4 Å². The van der Waals surface area contributed by atoms with Crippen LogP contribution < -0.4 is 0 Å². The molecular weight excluding hydrogens is 246 g/mol. The second-order valence-corrected chi connectivity index (χ2v) is 6.75. The molecule has 19 heavy (non-hydrogen) atoms. The first kappa shape index (κ1) is 16.2. The molecule has 1 unspecified atom stereocenters. The molecule has 0 aromatic heterocycles. The van der Waals surface area contributed by atoms with Crippen LogP contribution in [0.2, 0.25) is 0 Å². The van der Waals surface area contributed by atoms with Crippen LogP contribution in [0.5, 0.6) is 0 Å². The van der Waals surface area contributed by atoms with Crippen molar-refractivity contribution in [1.82, 2.24) is 4.90 Å². The van der Waals surface area contributed by atoms with E-state index in [9.17, 15) is 9.90 Å². The number of hydrogen-bond acceptors (Lipinski definition) is 4. The van der Waals surface area contributed by atoms with Gasteiger partial charge in [0.05, 0.1) is 18.2 Å². The highest BCUT2D eigenvalue weighted by Gasteiger charge is 2.31. The zero-order valence-electron chi connectivity index (χ0n) is 12.7. The first-order valence-corrected chi connectivity index (χ1v) is 6.88. The van der Waals surface area contributed by atoms with Gasteiger partial charge in [0.25, 0.3) is 0 Å². The molecule has 112 valence electrons. The molecule has 1 fully saturated rings. The molecule has 0 aromatic carbocycles. The first-order chi connectivity index (χ1) is 8.58. The van der Waals surface area contributed by atoms with Gasteiger partial charge in [0.2, 0.25) is 0 Å². The Balaban J connectivity index is 2.65. The number of amides is 1. The van der Waals surface area contributed by atoms with Gasteiger partial charge in [-0.05, 0) is 47.5 Å². The Morgan fingerprint density at radius 2 is 2.00 bits per heavy atom. The summed E-state index contributed by atoms with van der Waals surface area (Å²) in [5.41, 5.74) is -1.30. The van der Waals surface area contributed by atoms with Gasteiger partial charge in [-0.3, -0.25) is 0 Å². The fourth-order valence-corrected chi connectivity index (χ4v) is 1.91. The minimum absolute atomic E-state index is 0.0530. The van der Waals surface area contributed by atoms with Crippen LogP contribution in [0.3, 0.4) is 0 Å². The van der Waals surface area contributed by atoms with Gasteiger partial charge >= 0.3 is 6.09 Å². The van der Waals surface area contributed by atoms with Crippen molar-refractivity contribution in [2.24, 2.45) is 0 Å². The summed E-state index contributed by atoms with van der Waals surface area (Å²) in [5, 5.41) is 9.81. The summed E-state index contributed by atoms with van der Waals surface area (Å²) < 4.78 is 10.8. The maximum atomic E-state index is 12.2. The summed E-state index contributed by atoms with van der Waals surface area (Å²) in [7, 11) is 0. The second kappa shape index (κ2) is 6.09. The molecule has 0 aliphatic carbocycles. The van der Waals surface area contributed by atoms with Gasteiger partial charge in [-0.15, -0.1) is 0 Å². The van der Waals surface area contributed by atoms with Gasteiger partial charge in [0, 0.05) is 13.2 Å². The molecule has 0 radical (unpaired) electrons. The summed E-state index contributed by atoms with van der Waals surface area (Å²) in [6.45, 7) is 10.7. The lowest BCUT2D eigenvalue weighted by molar-refractivity contribution is 0.00473. The predicted molar refractivity (Wildman–Crippen MR) is 73.1 cm³/mol. The molecule has 1 heterocycles. The molecule has 0 bridgehead atoms. The third kappa shape index (κ3) is 6.25. The lowest BCUT2D eigenvalue weighted by Gasteiger charge is -2.32. The van der Waals surface area contributed by atoms with Gasteiger partial charge in [0.1, 0.15) is 5.60 Å². The Hall–Kier alpha value is -0.810. The van der Waals surface area contributed by atoms with Crippen molar-refractivity contribution in [2.45, 2.75) is 64.7 Å². The fourth-order valence-electron chi connectivity index (χ4n) is 1.91. The second-order valence-electron chi connectivity index (χ2n) is 6.75. The lowest BCUT2D eigenvalue weighted by Crippen LogP contribution is -2.45. The van der Waals surface area contributed by atoms with Crippen LogP contribution in [0.25, 0.3) is 0 Å². The molecule has 0 saturated carbocycles. The maximum Gasteiger partial charge on any atom is 0.410 e. The maximum absolute atomic E-state index is 12.2. The van der Waals surface area contributed by atoms with Gasteiger partial charge in [0.15, 0.2) is 0 Å². The van der Waals surface area contributed by atoms with Crippen LogP contribution in [0.15, 0.2) is 0 Å². The fraction of sp³-hybridized carbons (Fsp3) is 0.929. The SMILES string of the molecule is CC(C)(O)CCN(C(=O)OC(C)(C)C)C1CCOC1. The van der Waals surface area contributed by atoms with E-state index in [1.54, 1.807) is 18.7 Å². The van der Waals surface area contributed by atoms with E-state index in [-0.39, 0.29) is 12.1 Å². The monoisotopic (exact) mass is 273 g/mol. The van der Waals surface area contributed by atoms with Crippen molar-refractivity contribution in [2.75, 3.05) is 19.8 Å². The Morgan fingerprint density at radius 3 is 2.42 bits per heavy atom. The smallest absolute Gasteiger partial charge is 0.410 e. The topological polar surface area (TPSA) is 59.0 Å². The Kier molecular flexibility index (Phi) is 5.21. The minimum atomic E-state index is -0.792. The van der Waals surface area contributed by atoms with Crippen molar-refractivity contribution in [3.63, 3.8) is 0 Å². The number of ether oxygens (including phenoxy) is 2. The number of carbonyl (C=O) groups is 1. The minimum Gasteiger partial charge on any atom is -0.444 e. The summed E-state index contributed by atoms with van der Waals surface area (Å²) >= 11 is 0. The predicted octanol–water partition coefficient (Wildman–Crippen LogP) is 2.17. The molecular formula is C14H27NO4. The van der Waals surface area contributed by atoms with Crippen LogP contribution >= 0.6 is 0 Å². The molecule has 0 spiro atoms. The van der Waals surface area contributed by atoms with E-state index in [1.165, 1.54) is 0 Å². The zero-order valence-corrected chi connectivity index (χ0v) is 12.7. The van der Waals surface area contributed by atoms with Crippen LogP contribution in [-0.2, 0) is 9.47 Å². The average molecular weight is 273 g/mol. The lowest BCUT2D eigenvalue weighted by atomic mass is 10.0. The first-order valence-electron chi connectivity index (χ1n) is 6.88. The van der Waals surface area contributed by atoms with Gasteiger partial charge in [-0.2, -0.15) is 0 Å². The van der Waals surface area contributed by atoms with E-state index >= 15 is 0 Å². The van der Waals surface area contributed by atoms with Crippen LogP contribution in [0, 0.1) is 0 Å². The molecule has 1 amide bonds. The van der Waals surface area contributed by atoms with E-state index in [4.69, 9.17) is 9.47 Å². The molecule has 1 saturated heterocycles. The van der Waals surface area contributed by atoms with E-state index in [0.29, 0.717) is 26.2 Å². The number of aliphatic hydroxyl groups is 1. The Bertz CT molecular complexity index is 298. The molecule has 0 aromatic rings. The van der Waals surface area contributed by atoms with Crippen LogP contribution in [0.4, 0.5) is 4.79 Å². The van der Waals surface area contributed by atoms with Crippen molar-refractivity contribution >= 4 is 6.09 Å². The molecule has 1 aliphatic rings. The molecule has 5 heteroatoms. The van der Waals surface area contributed by atoms with Gasteiger partial charge < -0.3 is 19.5 Å². The highest BCUT2D eigenvalue weighted by atomic mass is 16.6. The van der Waals surface area contributed by atoms with E-state index in [2.05, 4.69) is 0 Å². The Labute approximate surface area is 115 Å². The summed E-state index contributed by atoms with van der Waals surface area (Å²) in [5.74, 6) is 0. The molecule has 1 atom stereocenters. The molecule has 1 aliphatic heterocycles. The normalized spacial score (nSPS) is 20.4. The summed E-state index contributed by atoms with van der Waals surface area (Å²) in [6, 6.07) is 0.0530. The summed E-state index contributed by atoms with van der Waals surface area (Å²) in [4.78, 5) is 13.9. The number of nitrogens with zero attached hydrogens (tertiary/aromatic N) is 1.